The van der Waals surface area contributed by atoms with Gasteiger partial charge in [0, 0.05) is 11.1 Å². The molecule has 1 aromatic heterocycles. The van der Waals surface area contributed by atoms with E-state index in [-0.39, 0.29) is 8.68 Å². The minimum atomic E-state index is -3.76. The average molecular weight is 353 g/mol. The van der Waals surface area contributed by atoms with Gasteiger partial charge in [-0.15, -0.1) is 0 Å². The fourth-order valence-electron chi connectivity index (χ4n) is 1.47. The summed E-state index contributed by atoms with van der Waals surface area (Å²) in [6, 6.07) is 3.15. The number of nitrogens with zero attached hydrogens (tertiary/aromatic N) is 1. The van der Waals surface area contributed by atoms with Crippen molar-refractivity contribution in [3.8, 4) is 5.75 Å². The largest absolute Gasteiger partial charge is 0.495 e. The molecule has 0 saturated heterocycles. The molecule has 0 spiro atoms. The molecule has 0 fully saturated rings. The number of rotatable bonds is 4. The van der Waals surface area contributed by atoms with E-state index in [1.165, 1.54) is 13.3 Å². The maximum absolute atomic E-state index is 12.2. The van der Waals surface area contributed by atoms with Crippen LogP contribution in [-0.4, -0.2) is 20.5 Å². The first-order valence-corrected chi connectivity index (χ1v) is 8.37. The van der Waals surface area contributed by atoms with Crippen LogP contribution in [0.4, 0.5) is 5.69 Å². The van der Waals surface area contributed by atoms with Gasteiger partial charge in [0.1, 0.15) is 5.75 Å². The van der Waals surface area contributed by atoms with Crippen LogP contribution in [0.15, 0.2) is 22.5 Å². The van der Waals surface area contributed by atoms with E-state index in [2.05, 4.69) is 9.71 Å². The summed E-state index contributed by atoms with van der Waals surface area (Å²) < 4.78 is 32.1. The molecule has 9 heteroatoms. The van der Waals surface area contributed by atoms with E-state index in [9.17, 15) is 8.42 Å². The van der Waals surface area contributed by atoms with Gasteiger partial charge in [-0.3, -0.25) is 4.72 Å². The van der Waals surface area contributed by atoms with E-state index in [1.54, 1.807) is 19.1 Å². The molecule has 20 heavy (non-hydrogen) atoms. The van der Waals surface area contributed by atoms with Crippen molar-refractivity contribution < 1.29 is 13.2 Å². The lowest BCUT2D eigenvalue weighted by atomic mass is 10.2. The minimum absolute atomic E-state index is 0.0251. The summed E-state index contributed by atoms with van der Waals surface area (Å²) in [6.07, 6.45) is 1.20. The number of nitrogens with one attached hydrogen (secondary N) is 1. The third-order valence-electron chi connectivity index (χ3n) is 2.45. The van der Waals surface area contributed by atoms with E-state index in [4.69, 9.17) is 27.9 Å². The summed E-state index contributed by atoms with van der Waals surface area (Å²) in [6.45, 7) is 1.77. The third-order valence-corrected chi connectivity index (χ3v) is 5.79. The molecule has 0 unspecified atom stereocenters. The van der Waals surface area contributed by atoms with Gasteiger partial charge < -0.3 is 4.74 Å². The molecule has 0 aliphatic rings. The zero-order valence-electron chi connectivity index (χ0n) is 10.5. The molecular formula is C11H10Cl2N2O3S2. The molecule has 0 amide bonds. The number of aryl methyl sites for hydroxylation is 1. The van der Waals surface area contributed by atoms with Crippen LogP contribution < -0.4 is 9.46 Å². The standard InChI is InChI=1S/C11H10Cl2N2O3S2/c1-6-3-8(9(18-2)4-7(6)12)15-20(16,17)10-5-14-11(13)19-10/h3-5,15H,1-2H3. The summed E-state index contributed by atoms with van der Waals surface area (Å²) in [5.74, 6) is 0.333. The molecule has 1 aromatic carbocycles. The zero-order valence-corrected chi connectivity index (χ0v) is 13.6. The molecule has 1 N–H and O–H groups in total. The van der Waals surface area contributed by atoms with E-state index in [0.29, 0.717) is 16.5 Å². The molecule has 108 valence electrons. The van der Waals surface area contributed by atoms with Gasteiger partial charge in [0.15, 0.2) is 8.68 Å². The summed E-state index contributed by atoms with van der Waals surface area (Å²) >= 11 is 12.5. The van der Waals surface area contributed by atoms with Crippen LogP contribution in [0.25, 0.3) is 0 Å². The van der Waals surface area contributed by atoms with Gasteiger partial charge in [0.05, 0.1) is 19.0 Å². The van der Waals surface area contributed by atoms with Gasteiger partial charge in [-0.2, -0.15) is 0 Å². The SMILES string of the molecule is COc1cc(Cl)c(C)cc1NS(=O)(=O)c1cnc(Cl)s1. The fourth-order valence-corrected chi connectivity index (χ4v) is 3.98. The van der Waals surface area contributed by atoms with Crippen LogP contribution >= 0.6 is 34.5 Å². The number of ether oxygens (including phenoxy) is 1. The van der Waals surface area contributed by atoms with Crippen molar-refractivity contribution in [2.75, 3.05) is 11.8 Å². The van der Waals surface area contributed by atoms with Gasteiger partial charge in [0.2, 0.25) is 0 Å². The number of hydrogen-bond acceptors (Lipinski definition) is 5. The molecule has 0 saturated carbocycles. The molecular weight excluding hydrogens is 343 g/mol. The Bertz CT molecular complexity index is 744. The molecule has 0 atom stereocenters. The lowest BCUT2D eigenvalue weighted by Crippen LogP contribution is -2.12. The molecule has 0 aliphatic carbocycles. The monoisotopic (exact) mass is 352 g/mol. The second-order valence-electron chi connectivity index (χ2n) is 3.84. The van der Waals surface area contributed by atoms with Gasteiger partial charge in [-0.1, -0.05) is 34.5 Å². The van der Waals surface area contributed by atoms with Crippen molar-refractivity contribution in [3.63, 3.8) is 0 Å². The van der Waals surface area contributed by atoms with Crippen molar-refractivity contribution >= 4 is 50.2 Å². The van der Waals surface area contributed by atoms with Gasteiger partial charge in [0.25, 0.3) is 10.0 Å². The first-order valence-electron chi connectivity index (χ1n) is 5.32. The number of sulfonamides is 1. The van der Waals surface area contributed by atoms with Crippen LogP contribution in [0, 0.1) is 6.92 Å². The lowest BCUT2D eigenvalue weighted by molar-refractivity contribution is 0.417. The van der Waals surface area contributed by atoms with Crippen molar-refractivity contribution in [1.29, 1.82) is 0 Å². The Kier molecular flexibility index (Phi) is 4.43. The highest BCUT2D eigenvalue weighted by Crippen LogP contribution is 2.33. The summed E-state index contributed by atoms with van der Waals surface area (Å²) in [4.78, 5) is 3.71. The predicted molar refractivity (Wildman–Crippen MR) is 80.7 cm³/mol. The van der Waals surface area contributed by atoms with Crippen LogP contribution in [0.1, 0.15) is 5.56 Å². The zero-order chi connectivity index (χ0) is 14.9. The highest BCUT2D eigenvalue weighted by atomic mass is 35.5. The number of hydrogen-bond donors (Lipinski definition) is 1. The highest BCUT2D eigenvalue weighted by Gasteiger charge is 2.20. The van der Waals surface area contributed by atoms with Gasteiger partial charge >= 0.3 is 0 Å². The Morgan fingerprint density at radius 1 is 1.35 bits per heavy atom. The molecule has 0 bridgehead atoms. The van der Waals surface area contributed by atoms with Crippen LogP contribution in [0.5, 0.6) is 5.75 Å². The maximum Gasteiger partial charge on any atom is 0.273 e. The Morgan fingerprint density at radius 2 is 2.05 bits per heavy atom. The van der Waals surface area contributed by atoms with Crippen LogP contribution in [0.2, 0.25) is 9.49 Å². The number of aromatic nitrogens is 1. The number of halogens is 2. The second kappa shape index (κ2) is 5.77. The quantitative estimate of drug-likeness (QED) is 0.913. The summed E-state index contributed by atoms with van der Waals surface area (Å²) in [5, 5.41) is 0.491. The molecule has 2 rings (SSSR count). The van der Waals surface area contributed by atoms with E-state index < -0.39 is 10.0 Å². The molecule has 2 aromatic rings. The number of benzene rings is 1. The Labute approximate surface area is 130 Å². The average Bonchev–Trinajstić information content (AvgIpc) is 2.81. The van der Waals surface area contributed by atoms with Crippen molar-refractivity contribution in [1.82, 2.24) is 4.98 Å². The molecule has 5 nitrogen and oxygen atoms in total. The normalized spacial score (nSPS) is 11.4. The first-order chi connectivity index (χ1) is 9.33. The van der Waals surface area contributed by atoms with E-state index in [1.807, 2.05) is 0 Å². The first kappa shape index (κ1) is 15.4. The predicted octanol–water partition coefficient (Wildman–Crippen LogP) is 3.57. The molecule has 1 heterocycles. The summed E-state index contributed by atoms with van der Waals surface area (Å²) in [7, 11) is -2.32. The highest BCUT2D eigenvalue weighted by molar-refractivity contribution is 7.94. The van der Waals surface area contributed by atoms with Crippen LogP contribution in [-0.2, 0) is 10.0 Å². The fraction of sp³-hybridized carbons (Fsp3) is 0.182. The third kappa shape index (κ3) is 3.17. The van der Waals surface area contributed by atoms with Crippen LogP contribution in [0.3, 0.4) is 0 Å². The van der Waals surface area contributed by atoms with E-state index >= 15 is 0 Å². The minimum Gasteiger partial charge on any atom is -0.495 e. The molecule has 0 radical (unpaired) electrons. The summed E-state index contributed by atoms with van der Waals surface area (Å²) in [5.41, 5.74) is 1.03. The van der Waals surface area contributed by atoms with Crippen molar-refractivity contribution in [2.45, 2.75) is 11.1 Å². The number of methoxy groups -OCH3 is 1. The Balaban J connectivity index is 2.41. The second-order valence-corrected chi connectivity index (χ2v) is 7.77. The van der Waals surface area contributed by atoms with Crippen molar-refractivity contribution in [2.24, 2.45) is 0 Å². The molecule has 0 aliphatic heterocycles. The number of anilines is 1. The topological polar surface area (TPSA) is 68.3 Å². The Morgan fingerprint density at radius 3 is 2.60 bits per heavy atom. The number of thiazole rings is 1. The Hall–Kier alpha value is -1.02. The maximum atomic E-state index is 12.2. The lowest BCUT2D eigenvalue weighted by Gasteiger charge is -2.12. The smallest absolute Gasteiger partial charge is 0.273 e. The van der Waals surface area contributed by atoms with Gasteiger partial charge in [-0.25, -0.2) is 13.4 Å². The van der Waals surface area contributed by atoms with Gasteiger partial charge in [-0.05, 0) is 18.6 Å². The van der Waals surface area contributed by atoms with Crippen molar-refractivity contribution in [3.05, 3.63) is 33.4 Å². The van der Waals surface area contributed by atoms with E-state index in [0.717, 1.165) is 16.9 Å².